The summed E-state index contributed by atoms with van der Waals surface area (Å²) in [5.41, 5.74) is 5.16. The molecule has 1 atom stereocenters. The van der Waals surface area contributed by atoms with E-state index in [-0.39, 0.29) is 18.4 Å². The van der Waals surface area contributed by atoms with Crippen LogP contribution in [0.4, 0.5) is 0 Å². The topological polar surface area (TPSA) is 75.9 Å². The Morgan fingerprint density at radius 2 is 2.00 bits per heavy atom. The Kier molecular flexibility index (Phi) is 5.37. The van der Waals surface area contributed by atoms with Crippen molar-refractivity contribution in [3.05, 3.63) is 0 Å². The average molecular weight is 243 g/mol. The fourth-order valence-electron chi connectivity index (χ4n) is 1.93. The van der Waals surface area contributed by atoms with Crippen molar-refractivity contribution in [2.45, 2.75) is 19.4 Å². The maximum atomic E-state index is 11.9. The molecule has 1 aliphatic heterocycles. The Bertz CT molecular complexity index is 283. The lowest BCUT2D eigenvalue weighted by atomic mass is 10.3. The minimum atomic E-state index is -0.405. The molecule has 1 unspecified atom stereocenters. The zero-order chi connectivity index (χ0) is 12.8. The van der Waals surface area contributed by atoms with Gasteiger partial charge in [0, 0.05) is 33.3 Å². The quantitative estimate of drug-likeness (QED) is 0.690. The molecule has 1 saturated heterocycles. The number of hydrogen-bond acceptors (Lipinski definition) is 4. The molecule has 0 radical (unpaired) electrons. The predicted molar refractivity (Wildman–Crippen MR) is 63.3 cm³/mol. The zero-order valence-corrected chi connectivity index (χ0v) is 10.5. The number of amides is 2. The van der Waals surface area contributed by atoms with E-state index < -0.39 is 6.10 Å². The second-order valence-corrected chi connectivity index (χ2v) is 4.30. The fraction of sp³-hybridized carbons (Fsp3) is 0.818. The van der Waals surface area contributed by atoms with Gasteiger partial charge in [-0.15, -0.1) is 0 Å². The van der Waals surface area contributed by atoms with Crippen LogP contribution in [-0.4, -0.2) is 67.6 Å². The largest absolute Gasteiger partial charge is 0.372 e. The molecular formula is C11H21N3O3. The van der Waals surface area contributed by atoms with Crippen LogP contribution < -0.4 is 5.73 Å². The van der Waals surface area contributed by atoms with Crippen LogP contribution in [0, 0.1) is 0 Å². The molecule has 2 N–H and O–H groups in total. The molecule has 0 aromatic carbocycles. The van der Waals surface area contributed by atoms with Crippen molar-refractivity contribution in [3.63, 3.8) is 0 Å². The van der Waals surface area contributed by atoms with Gasteiger partial charge in [0.15, 0.2) is 0 Å². The maximum Gasteiger partial charge on any atom is 0.251 e. The van der Waals surface area contributed by atoms with Gasteiger partial charge in [0.25, 0.3) is 5.91 Å². The van der Waals surface area contributed by atoms with E-state index in [2.05, 4.69) is 0 Å². The van der Waals surface area contributed by atoms with Gasteiger partial charge in [-0.3, -0.25) is 14.5 Å². The summed E-state index contributed by atoms with van der Waals surface area (Å²) < 4.78 is 5.02. The summed E-state index contributed by atoms with van der Waals surface area (Å²) in [6, 6.07) is 0. The first kappa shape index (κ1) is 13.9. The Balaban J connectivity index is 2.47. The highest BCUT2D eigenvalue weighted by molar-refractivity contribution is 5.80. The van der Waals surface area contributed by atoms with Crippen molar-refractivity contribution in [3.8, 4) is 0 Å². The van der Waals surface area contributed by atoms with Gasteiger partial charge in [0.1, 0.15) is 6.10 Å². The normalized spacial score (nSPS) is 19.8. The van der Waals surface area contributed by atoms with Crippen LogP contribution in [0.3, 0.4) is 0 Å². The van der Waals surface area contributed by atoms with E-state index in [4.69, 9.17) is 10.5 Å². The molecule has 2 amide bonds. The minimum Gasteiger partial charge on any atom is -0.372 e. The van der Waals surface area contributed by atoms with Crippen LogP contribution in [0.15, 0.2) is 0 Å². The molecule has 0 aromatic heterocycles. The summed E-state index contributed by atoms with van der Waals surface area (Å²) in [6.07, 6.45) is 0.452. The van der Waals surface area contributed by atoms with E-state index >= 15 is 0 Å². The van der Waals surface area contributed by atoms with Crippen LogP contribution in [-0.2, 0) is 14.3 Å². The third-order valence-electron chi connectivity index (χ3n) is 2.98. The molecule has 98 valence electrons. The first-order valence-electron chi connectivity index (χ1n) is 5.87. The monoisotopic (exact) mass is 243 g/mol. The number of primary amides is 1. The van der Waals surface area contributed by atoms with Gasteiger partial charge in [-0.25, -0.2) is 0 Å². The fourth-order valence-corrected chi connectivity index (χ4v) is 1.93. The van der Waals surface area contributed by atoms with Gasteiger partial charge in [-0.2, -0.15) is 0 Å². The molecule has 0 bridgehead atoms. The number of nitrogens with zero attached hydrogens (tertiary/aromatic N) is 2. The molecule has 6 heteroatoms. The summed E-state index contributed by atoms with van der Waals surface area (Å²) in [5, 5.41) is 0. The van der Waals surface area contributed by atoms with Gasteiger partial charge < -0.3 is 15.4 Å². The first-order valence-corrected chi connectivity index (χ1v) is 5.87. The van der Waals surface area contributed by atoms with E-state index in [1.54, 1.807) is 11.8 Å². The van der Waals surface area contributed by atoms with E-state index in [1.807, 2.05) is 4.90 Å². The smallest absolute Gasteiger partial charge is 0.251 e. The van der Waals surface area contributed by atoms with Gasteiger partial charge in [0.05, 0.1) is 6.54 Å². The molecule has 1 aliphatic rings. The summed E-state index contributed by atoms with van der Waals surface area (Å²) in [4.78, 5) is 26.5. The Labute approximate surface area is 102 Å². The number of carbonyl (C=O) groups excluding carboxylic acids is 2. The Hall–Kier alpha value is -1.14. The second-order valence-electron chi connectivity index (χ2n) is 4.30. The number of methoxy groups -OCH3 is 1. The van der Waals surface area contributed by atoms with Crippen LogP contribution in [0.2, 0.25) is 0 Å². The highest BCUT2D eigenvalue weighted by Gasteiger charge is 2.23. The molecule has 0 saturated carbocycles. The first-order chi connectivity index (χ1) is 8.04. The summed E-state index contributed by atoms with van der Waals surface area (Å²) in [6.45, 7) is 4.83. The SMILES string of the molecule is COC(C)C(=O)N1CCCN(CC(N)=O)CC1. The summed E-state index contributed by atoms with van der Waals surface area (Å²) >= 11 is 0. The Morgan fingerprint density at radius 3 is 2.59 bits per heavy atom. The van der Waals surface area contributed by atoms with Crippen LogP contribution in [0.1, 0.15) is 13.3 Å². The third-order valence-corrected chi connectivity index (χ3v) is 2.98. The lowest BCUT2D eigenvalue weighted by molar-refractivity contribution is -0.140. The number of carbonyl (C=O) groups is 2. The van der Waals surface area contributed by atoms with Gasteiger partial charge in [0.2, 0.25) is 5.91 Å². The molecule has 1 heterocycles. The molecular weight excluding hydrogens is 222 g/mol. The van der Waals surface area contributed by atoms with Crippen LogP contribution in [0.25, 0.3) is 0 Å². The van der Waals surface area contributed by atoms with Crippen LogP contribution in [0.5, 0.6) is 0 Å². The number of ether oxygens (including phenoxy) is 1. The van der Waals surface area contributed by atoms with E-state index in [0.717, 1.165) is 13.0 Å². The highest BCUT2D eigenvalue weighted by atomic mass is 16.5. The lowest BCUT2D eigenvalue weighted by Gasteiger charge is -2.23. The standard InChI is InChI=1S/C11H21N3O3/c1-9(17-2)11(16)14-5-3-4-13(6-7-14)8-10(12)15/h9H,3-8H2,1-2H3,(H2,12,15). The number of nitrogens with two attached hydrogens (primary N) is 1. The molecule has 1 fully saturated rings. The zero-order valence-electron chi connectivity index (χ0n) is 10.5. The maximum absolute atomic E-state index is 11.9. The van der Waals surface area contributed by atoms with Gasteiger partial charge in [-0.05, 0) is 13.3 Å². The number of hydrogen-bond donors (Lipinski definition) is 1. The lowest BCUT2D eigenvalue weighted by Crippen LogP contribution is -2.41. The van der Waals surface area contributed by atoms with Crippen molar-refractivity contribution in [1.29, 1.82) is 0 Å². The number of rotatable bonds is 4. The van der Waals surface area contributed by atoms with Crippen molar-refractivity contribution in [2.75, 3.05) is 39.8 Å². The molecule has 1 rings (SSSR count). The van der Waals surface area contributed by atoms with Crippen molar-refractivity contribution in [1.82, 2.24) is 9.80 Å². The van der Waals surface area contributed by atoms with E-state index in [9.17, 15) is 9.59 Å². The molecule has 0 aliphatic carbocycles. The molecule has 17 heavy (non-hydrogen) atoms. The predicted octanol–water partition coefficient (Wildman–Crippen LogP) is -0.959. The van der Waals surface area contributed by atoms with Crippen molar-refractivity contribution in [2.24, 2.45) is 5.73 Å². The van der Waals surface area contributed by atoms with Gasteiger partial charge >= 0.3 is 0 Å². The minimum absolute atomic E-state index is 0.00780. The average Bonchev–Trinajstić information content (AvgIpc) is 2.52. The van der Waals surface area contributed by atoms with Crippen LogP contribution >= 0.6 is 0 Å². The molecule has 6 nitrogen and oxygen atoms in total. The van der Waals surface area contributed by atoms with Gasteiger partial charge in [-0.1, -0.05) is 0 Å². The highest BCUT2D eigenvalue weighted by Crippen LogP contribution is 2.06. The summed E-state index contributed by atoms with van der Waals surface area (Å²) in [7, 11) is 1.53. The Morgan fingerprint density at radius 1 is 1.29 bits per heavy atom. The summed E-state index contributed by atoms with van der Waals surface area (Å²) in [5.74, 6) is -0.316. The van der Waals surface area contributed by atoms with Crippen molar-refractivity contribution >= 4 is 11.8 Å². The third kappa shape index (κ3) is 4.32. The van der Waals surface area contributed by atoms with E-state index in [0.29, 0.717) is 19.6 Å². The second kappa shape index (κ2) is 6.56. The molecule has 0 spiro atoms. The van der Waals surface area contributed by atoms with E-state index in [1.165, 1.54) is 7.11 Å². The van der Waals surface area contributed by atoms with Crippen molar-refractivity contribution < 1.29 is 14.3 Å². The molecule has 0 aromatic rings.